The Morgan fingerprint density at radius 3 is 2.53 bits per heavy atom. The molecule has 0 aliphatic rings. The standard InChI is InChI=1S/C9H16N2O4/c1-10-8-9(13)11-2-4-14-6-7-15-5-3-12/h12H,2-8H2,(H,11,13). The third-order valence-electron chi connectivity index (χ3n) is 1.40. The summed E-state index contributed by atoms with van der Waals surface area (Å²) in [5.41, 5.74) is 0. The maximum absolute atomic E-state index is 10.8. The van der Waals surface area contributed by atoms with E-state index in [4.69, 9.17) is 21.2 Å². The highest BCUT2D eigenvalue weighted by atomic mass is 16.5. The highest BCUT2D eigenvalue weighted by molar-refractivity contribution is 5.79. The summed E-state index contributed by atoms with van der Waals surface area (Å²) in [5, 5.41) is 10.9. The van der Waals surface area contributed by atoms with E-state index < -0.39 is 0 Å². The predicted octanol–water partition coefficient (Wildman–Crippen LogP) is -0.953. The lowest BCUT2D eigenvalue weighted by Crippen LogP contribution is -2.29. The van der Waals surface area contributed by atoms with Crippen molar-refractivity contribution in [3.63, 3.8) is 0 Å². The highest BCUT2D eigenvalue weighted by Gasteiger charge is 2.00. The summed E-state index contributed by atoms with van der Waals surface area (Å²) in [6.45, 7) is 8.27. The van der Waals surface area contributed by atoms with Gasteiger partial charge in [0, 0.05) is 6.54 Å². The van der Waals surface area contributed by atoms with Gasteiger partial charge in [0.25, 0.3) is 12.5 Å². The Balaban J connectivity index is 3.05. The molecule has 0 heterocycles. The summed E-state index contributed by atoms with van der Waals surface area (Å²) in [4.78, 5) is 13.7. The Morgan fingerprint density at radius 2 is 1.93 bits per heavy atom. The van der Waals surface area contributed by atoms with Crippen molar-refractivity contribution in [3.8, 4) is 0 Å². The van der Waals surface area contributed by atoms with Gasteiger partial charge in [-0.2, -0.15) is 0 Å². The molecule has 0 saturated heterocycles. The number of hydrogen-bond donors (Lipinski definition) is 2. The van der Waals surface area contributed by atoms with Crippen LogP contribution in [0.5, 0.6) is 0 Å². The van der Waals surface area contributed by atoms with Crippen molar-refractivity contribution in [2.24, 2.45) is 0 Å². The van der Waals surface area contributed by atoms with Crippen molar-refractivity contribution in [1.82, 2.24) is 5.32 Å². The first-order valence-electron chi connectivity index (χ1n) is 4.67. The van der Waals surface area contributed by atoms with Gasteiger partial charge in [0.1, 0.15) is 0 Å². The fourth-order valence-electron chi connectivity index (χ4n) is 0.777. The molecule has 0 rings (SSSR count). The van der Waals surface area contributed by atoms with Gasteiger partial charge in [0.15, 0.2) is 0 Å². The van der Waals surface area contributed by atoms with E-state index >= 15 is 0 Å². The van der Waals surface area contributed by atoms with Crippen LogP contribution >= 0.6 is 0 Å². The van der Waals surface area contributed by atoms with E-state index in [0.717, 1.165) is 0 Å². The van der Waals surface area contributed by atoms with Crippen LogP contribution in [0.4, 0.5) is 0 Å². The van der Waals surface area contributed by atoms with Crippen molar-refractivity contribution in [3.05, 3.63) is 11.4 Å². The maximum atomic E-state index is 10.8. The van der Waals surface area contributed by atoms with Gasteiger partial charge in [-0.25, -0.2) is 6.57 Å². The zero-order valence-electron chi connectivity index (χ0n) is 8.57. The largest absolute Gasteiger partial charge is 0.394 e. The Kier molecular flexibility index (Phi) is 10.1. The van der Waals surface area contributed by atoms with Crippen molar-refractivity contribution >= 4 is 5.91 Å². The number of rotatable bonds is 9. The van der Waals surface area contributed by atoms with Crippen LogP contribution in [0.25, 0.3) is 4.85 Å². The minimum atomic E-state index is -0.287. The molecule has 15 heavy (non-hydrogen) atoms. The Labute approximate surface area is 89.0 Å². The van der Waals surface area contributed by atoms with Gasteiger partial charge in [0.2, 0.25) is 0 Å². The molecule has 6 heteroatoms. The summed E-state index contributed by atoms with van der Waals surface area (Å²) >= 11 is 0. The number of aliphatic hydroxyl groups excluding tert-OH is 1. The van der Waals surface area contributed by atoms with E-state index in [1.165, 1.54) is 0 Å². The van der Waals surface area contributed by atoms with Crippen LogP contribution in [0, 0.1) is 6.57 Å². The highest BCUT2D eigenvalue weighted by Crippen LogP contribution is 1.78. The van der Waals surface area contributed by atoms with Crippen molar-refractivity contribution in [1.29, 1.82) is 0 Å². The number of carbonyl (C=O) groups is 1. The average molecular weight is 216 g/mol. The maximum Gasteiger partial charge on any atom is 0.300 e. The first-order chi connectivity index (χ1) is 7.31. The van der Waals surface area contributed by atoms with Gasteiger partial charge in [-0.05, 0) is 0 Å². The normalized spacial score (nSPS) is 9.60. The SMILES string of the molecule is [C-]#[N+]CC(=O)NCCOCCOCCO. The Bertz CT molecular complexity index is 203. The molecule has 6 nitrogen and oxygen atoms in total. The fourth-order valence-corrected chi connectivity index (χ4v) is 0.777. The molecule has 86 valence electrons. The first-order valence-corrected chi connectivity index (χ1v) is 4.67. The summed E-state index contributed by atoms with van der Waals surface area (Å²) in [5.74, 6) is -0.287. The summed E-state index contributed by atoms with van der Waals surface area (Å²) < 4.78 is 10.1. The molecule has 0 aliphatic heterocycles. The number of hydrogen-bond acceptors (Lipinski definition) is 4. The van der Waals surface area contributed by atoms with E-state index in [2.05, 4.69) is 10.2 Å². The van der Waals surface area contributed by atoms with E-state index in [9.17, 15) is 4.79 Å². The number of ether oxygens (including phenoxy) is 2. The molecular formula is C9H16N2O4. The van der Waals surface area contributed by atoms with Crippen molar-refractivity contribution < 1.29 is 19.4 Å². The lowest BCUT2D eigenvalue weighted by Gasteiger charge is -2.04. The third kappa shape index (κ3) is 10.8. The van der Waals surface area contributed by atoms with Gasteiger partial charge >= 0.3 is 0 Å². The molecular weight excluding hydrogens is 200 g/mol. The molecule has 0 aromatic rings. The molecule has 0 saturated carbocycles. The number of amides is 1. The molecule has 0 radical (unpaired) electrons. The van der Waals surface area contributed by atoms with Crippen LogP contribution < -0.4 is 5.32 Å². The van der Waals surface area contributed by atoms with E-state index in [1.807, 2.05) is 0 Å². The predicted molar refractivity (Wildman–Crippen MR) is 53.2 cm³/mol. The van der Waals surface area contributed by atoms with Crippen LogP contribution in [0.3, 0.4) is 0 Å². The smallest absolute Gasteiger partial charge is 0.300 e. The first kappa shape index (κ1) is 13.8. The zero-order chi connectivity index (χ0) is 11.4. The molecule has 0 aliphatic carbocycles. The molecule has 2 N–H and O–H groups in total. The molecule has 0 fully saturated rings. The second-order valence-electron chi connectivity index (χ2n) is 2.61. The van der Waals surface area contributed by atoms with Crippen molar-refractivity contribution in [2.45, 2.75) is 0 Å². The van der Waals surface area contributed by atoms with Gasteiger partial charge in [-0.15, -0.1) is 0 Å². The Morgan fingerprint density at radius 1 is 1.27 bits per heavy atom. The number of nitrogens with one attached hydrogen (secondary N) is 1. The van der Waals surface area contributed by atoms with Crippen LogP contribution in [0.1, 0.15) is 0 Å². The van der Waals surface area contributed by atoms with Gasteiger partial charge in [0.05, 0.1) is 33.0 Å². The zero-order valence-corrected chi connectivity index (χ0v) is 8.57. The van der Waals surface area contributed by atoms with Crippen molar-refractivity contribution in [2.75, 3.05) is 46.1 Å². The van der Waals surface area contributed by atoms with Gasteiger partial charge in [-0.3, -0.25) is 4.79 Å². The number of carbonyl (C=O) groups excluding carboxylic acids is 1. The van der Waals surface area contributed by atoms with E-state index in [1.54, 1.807) is 0 Å². The molecule has 0 bridgehead atoms. The monoisotopic (exact) mass is 216 g/mol. The van der Waals surface area contributed by atoms with Crippen LogP contribution in [-0.4, -0.2) is 57.1 Å². The quantitative estimate of drug-likeness (QED) is 0.385. The lowest BCUT2D eigenvalue weighted by atomic mass is 10.5. The van der Waals surface area contributed by atoms with E-state index in [-0.39, 0.29) is 19.1 Å². The molecule has 0 unspecified atom stereocenters. The number of aliphatic hydroxyl groups is 1. The Hall–Kier alpha value is -1.16. The minimum absolute atomic E-state index is 0.00663. The van der Waals surface area contributed by atoms with Gasteiger partial charge < -0.3 is 24.7 Å². The lowest BCUT2D eigenvalue weighted by molar-refractivity contribution is -0.119. The van der Waals surface area contributed by atoms with Crippen LogP contribution in [0.2, 0.25) is 0 Å². The molecule has 0 spiro atoms. The number of nitrogens with zero attached hydrogens (tertiary/aromatic N) is 1. The second kappa shape index (κ2) is 10.9. The van der Waals surface area contributed by atoms with E-state index in [0.29, 0.717) is 33.0 Å². The van der Waals surface area contributed by atoms with Gasteiger partial charge in [-0.1, -0.05) is 0 Å². The third-order valence-corrected chi connectivity index (χ3v) is 1.40. The summed E-state index contributed by atoms with van der Waals surface area (Å²) in [7, 11) is 0. The second-order valence-corrected chi connectivity index (χ2v) is 2.61. The topological polar surface area (TPSA) is 72.2 Å². The molecule has 0 aromatic heterocycles. The summed E-state index contributed by atoms with van der Waals surface area (Å²) in [6.07, 6.45) is 0. The molecule has 1 amide bonds. The molecule has 0 atom stereocenters. The van der Waals surface area contributed by atoms with Crippen LogP contribution in [-0.2, 0) is 14.3 Å². The minimum Gasteiger partial charge on any atom is -0.394 e. The average Bonchev–Trinajstić information content (AvgIpc) is 2.22. The molecule has 0 aromatic carbocycles. The van der Waals surface area contributed by atoms with Crippen LogP contribution in [0.15, 0.2) is 0 Å². The summed E-state index contributed by atoms with van der Waals surface area (Å²) in [6, 6.07) is 0. The fraction of sp³-hybridized carbons (Fsp3) is 0.778.